The maximum Gasteiger partial charge on any atom is 0.0192 e. The molecule has 0 fully saturated rings. The maximum absolute atomic E-state index is 3.66. The second kappa shape index (κ2) is 9.00. The van der Waals surface area contributed by atoms with Gasteiger partial charge in [0.05, 0.1) is 0 Å². The van der Waals surface area contributed by atoms with E-state index in [1.165, 1.54) is 25.7 Å². The minimum Gasteiger partial charge on any atom is -0.312 e. The summed E-state index contributed by atoms with van der Waals surface area (Å²) in [6.45, 7) is 12.5. The summed E-state index contributed by atoms with van der Waals surface area (Å²) in [6.07, 6.45) is 5.04. The molecule has 98 valence electrons. The van der Waals surface area contributed by atoms with Crippen molar-refractivity contribution in [1.82, 2.24) is 10.2 Å². The zero-order chi connectivity index (χ0) is 12.6. The van der Waals surface area contributed by atoms with Crippen LogP contribution in [0.4, 0.5) is 0 Å². The second-order valence-corrected chi connectivity index (χ2v) is 5.07. The van der Waals surface area contributed by atoms with Crippen molar-refractivity contribution in [1.29, 1.82) is 0 Å². The molecule has 16 heavy (non-hydrogen) atoms. The molecule has 1 N–H and O–H groups in total. The molecule has 2 unspecified atom stereocenters. The first-order valence-corrected chi connectivity index (χ1v) is 7.01. The van der Waals surface area contributed by atoms with Crippen LogP contribution in [0.3, 0.4) is 0 Å². The van der Waals surface area contributed by atoms with Crippen molar-refractivity contribution in [2.75, 3.05) is 13.6 Å². The van der Waals surface area contributed by atoms with E-state index < -0.39 is 0 Å². The molecule has 2 atom stereocenters. The average molecular weight is 228 g/mol. The molecule has 0 aliphatic carbocycles. The molecule has 0 radical (unpaired) electrons. The van der Waals surface area contributed by atoms with Gasteiger partial charge in [0.2, 0.25) is 0 Å². The van der Waals surface area contributed by atoms with Crippen molar-refractivity contribution in [3.63, 3.8) is 0 Å². The van der Waals surface area contributed by atoms with Gasteiger partial charge in [-0.25, -0.2) is 0 Å². The quantitative estimate of drug-likeness (QED) is 0.651. The highest BCUT2D eigenvalue weighted by Gasteiger charge is 2.15. The minimum absolute atomic E-state index is 0.627. The molecule has 0 aliphatic heterocycles. The number of likely N-dealkylation sites (N-methyl/N-ethyl adjacent to an activating group) is 1. The lowest BCUT2D eigenvalue weighted by Gasteiger charge is -2.32. The van der Waals surface area contributed by atoms with Gasteiger partial charge in [-0.3, -0.25) is 4.90 Å². The summed E-state index contributed by atoms with van der Waals surface area (Å²) >= 11 is 0. The van der Waals surface area contributed by atoms with Crippen molar-refractivity contribution >= 4 is 0 Å². The highest BCUT2D eigenvalue weighted by atomic mass is 15.2. The van der Waals surface area contributed by atoms with Crippen LogP contribution in [0.25, 0.3) is 0 Å². The van der Waals surface area contributed by atoms with Crippen LogP contribution in [0.1, 0.15) is 60.3 Å². The molecular weight excluding hydrogens is 196 g/mol. The summed E-state index contributed by atoms with van der Waals surface area (Å²) in [5, 5.41) is 3.66. The Morgan fingerprint density at radius 2 is 1.56 bits per heavy atom. The van der Waals surface area contributed by atoms with E-state index in [2.05, 4.69) is 51.9 Å². The standard InChI is InChI=1S/C14H32N2/c1-7-10-12(4)16(6)13(5)11-15-14(8-2)9-3/h12-15H,7-11H2,1-6H3. The van der Waals surface area contributed by atoms with Gasteiger partial charge in [-0.05, 0) is 40.2 Å². The smallest absolute Gasteiger partial charge is 0.0192 e. The van der Waals surface area contributed by atoms with Crippen LogP contribution in [-0.4, -0.2) is 36.6 Å². The van der Waals surface area contributed by atoms with Crippen LogP contribution in [0.5, 0.6) is 0 Å². The van der Waals surface area contributed by atoms with Crippen molar-refractivity contribution in [2.24, 2.45) is 0 Å². The molecule has 2 nitrogen and oxygen atoms in total. The molecule has 2 heteroatoms. The van der Waals surface area contributed by atoms with E-state index in [9.17, 15) is 0 Å². The van der Waals surface area contributed by atoms with E-state index in [1.54, 1.807) is 0 Å². The third-order valence-corrected chi connectivity index (χ3v) is 3.78. The van der Waals surface area contributed by atoms with Gasteiger partial charge in [-0.15, -0.1) is 0 Å². The lowest BCUT2D eigenvalue weighted by Crippen LogP contribution is -2.44. The lowest BCUT2D eigenvalue weighted by atomic mass is 10.1. The fourth-order valence-electron chi connectivity index (χ4n) is 2.11. The fraction of sp³-hybridized carbons (Fsp3) is 1.00. The number of hydrogen-bond acceptors (Lipinski definition) is 2. The summed E-state index contributed by atoms with van der Waals surface area (Å²) < 4.78 is 0. The van der Waals surface area contributed by atoms with Gasteiger partial charge in [0.15, 0.2) is 0 Å². The molecule has 0 aromatic rings. The molecule has 0 heterocycles. The van der Waals surface area contributed by atoms with Gasteiger partial charge in [0, 0.05) is 24.7 Å². The van der Waals surface area contributed by atoms with Crippen molar-refractivity contribution in [3.8, 4) is 0 Å². The van der Waals surface area contributed by atoms with Gasteiger partial charge in [0.1, 0.15) is 0 Å². The second-order valence-electron chi connectivity index (χ2n) is 5.07. The lowest BCUT2D eigenvalue weighted by molar-refractivity contribution is 0.179. The van der Waals surface area contributed by atoms with Gasteiger partial charge < -0.3 is 5.32 Å². The number of hydrogen-bond donors (Lipinski definition) is 1. The van der Waals surface area contributed by atoms with E-state index in [1.807, 2.05) is 0 Å². The molecular formula is C14H32N2. The summed E-state index contributed by atoms with van der Waals surface area (Å²) in [5.74, 6) is 0. The Morgan fingerprint density at radius 3 is 2.00 bits per heavy atom. The van der Waals surface area contributed by atoms with Crippen LogP contribution in [-0.2, 0) is 0 Å². The van der Waals surface area contributed by atoms with Crippen LogP contribution in [0, 0.1) is 0 Å². The minimum atomic E-state index is 0.627. The molecule has 0 aromatic carbocycles. The highest BCUT2D eigenvalue weighted by molar-refractivity contribution is 4.74. The number of nitrogens with zero attached hydrogens (tertiary/aromatic N) is 1. The van der Waals surface area contributed by atoms with Gasteiger partial charge in [-0.2, -0.15) is 0 Å². The van der Waals surface area contributed by atoms with E-state index in [0.717, 1.165) is 6.54 Å². The molecule has 0 saturated heterocycles. The summed E-state index contributed by atoms with van der Waals surface area (Å²) in [4.78, 5) is 2.50. The molecule has 0 bridgehead atoms. The van der Waals surface area contributed by atoms with E-state index >= 15 is 0 Å². The fourth-order valence-corrected chi connectivity index (χ4v) is 2.11. The molecule has 0 saturated carbocycles. The summed E-state index contributed by atoms with van der Waals surface area (Å²) in [5.41, 5.74) is 0. The van der Waals surface area contributed by atoms with Gasteiger partial charge >= 0.3 is 0 Å². The zero-order valence-electron chi connectivity index (χ0n) is 12.2. The monoisotopic (exact) mass is 228 g/mol. The number of nitrogens with one attached hydrogen (secondary N) is 1. The Hall–Kier alpha value is -0.0800. The Labute approximate surface area is 103 Å². The third-order valence-electron chi connectivity index (χ3n) is 3.78. The van der Waals surface area contributed by atoms with Crippen molar-refractivity contribution < 1.29 is 0 Å². The van der Waals surface area contributed by atoms with Crippen LogP contribution in [0.15, 0.2) is 0 Å². The van der Waals surface area contributed by atoms with Crippen molar-refractivity contribution in [3.05, 3.63) is 0 Å². The molecule has 0 aliphatic rings. The van der Waals surface area contributed by atoms with E-state index in [0.29, 0.717) is 18.1 Å². The maximum atomic E-state index is 3.66. The van der Waals surface area contributed by atoms with Gasteiger partial charge in [-0.1, -0.05) is 27.2 Å². The van der Waals surface area contributed by atoms with Crippen LogP contribution >= 0.6 is 0 Å². The topological polar surface area (TPSA) is 15.3 Å². The summed E-state index contributed by atoms with van der Waals surface area (Å²) in [6, 6.07) is 2.02. The normalized spacial score (nSPS) is 15.8. The SMILES string of the molecule is CCCC(C)N(C)C(C)CNC(CC)CC. The Balaban J connectivity index is 3.90. The zero-order valence-corrected chi connectivity index (χ0v) is 12.2. The van der Waals surface area contributed by atoms with E-state index in [4.69, 9.17) is 0 Å². The van der Waals surface area contributed by atoms with Crippen LogP contribution in [0.2, 0.25) is 0 Å². The van der Waals surface area contributed by atoms with Gasteiger partial charge in [0.25, 0.3) is 0 Å². The molecule has 0 amide bonds. The largest absolute Gasteiger partial charge is 0.312 e. The van der Waals surface area contributed by atoms with Crippen molar-refractivity contribution in [2.45, 2.75) is 78.4 Å². The Kier molecular flexibility index (Phi) is 8.96. The van der Waals surface area contributed by atoms with E-state index in [-0.39, 0.29) is 0 Å². The number of rotatable bonds is 9. The summed E-state index contributed by atoms with van der Waals surface area (Å²) in [7, 11) is 2.25. The Morgan fingerprint density at radius 1 is 1.00 bits per heavy atom. The Bertz CT molecular complexity index is 155. The molecule has 0 rings (SSSR count). The molecule has 0 aromatic heterocycles. The molecule has 0 spiro atoms. The first-order chi connectivity index (χ1) is 7.56. The average Bonchev–Trinajstić information content (AvgIpc) is 2.29. The highest BCUT2D eigenvalue weighted by Crippen LogP contribution is 2.08. The first-order valence-electron chi connectivity index (χ1n) is 7.01. The first kappa shape index (κ1) is 15.9. The third kappa shape index (κ3) is 5.86. The predicted molar refractivity (Wildman–Crippen MR) is 74.0 cm³/mol. The van der Waals surface area contributed by atoms with Crippen LogP contribution < -0.4 is 5.32 Å². The predicted octanol–water partition coefficient (Wildman–Crippen LogP) is 3.27.